The van der Waals surface area contributed by atoms with Gasteiger partial charge >= 0.3 is 0 Å². The number of amides is 1. The molecular weight excluding hydrogens is 663 g/mol. The topological polar surface area (TPSA) is 128 Å². The van der Waals surface area contributed by atoms with E-state index in [1.165, 1.54) is 51.4 Å². The van der Waals surface area contributed by atoms with Gasteiger partial charge in [-0.15, -0.1) is 0 Å². The van der Waals surface area contributed by atoms with Gasteiger partial charge in [0.1, 0.15) is 13.2 Å². The minimum absolute atomic E-state index is 0.0315. The number of phosphoric ester groups is 1. The van der Waals surface area contributed by atoms with Crippen LogP contribution in [0.4, 0.5) is 0 Å². The molecule has 0 rings (SSSR count). The van der Waals surface area contributed by atoms with Gasteiger partial charge in [-0.25, -0.2) is 0 Å². The molecule has 294 valence electrons. The van der Waals surface area contributed by atoms with Crippen LogP contribution in [-0.4, -0.2) is 79.8 Å². The van der Waals surface area contributed by atoms with Crippen molar-refractivity contribution in [2.45, 2.75) is 141 Å². The first-order chi connectivity index (χ1) is 24.4. The lowest BCUT2D eigenvalue weighted by Gasteiger charge is -2.29. The highest BCUT2D eigenvalue weighted by Gasteiger charge is 2.23. The van der Waals surface area contributed by atoms with Gasteiger partial charge in [0.2, 0.25) is 5.91 Å². The van der Waals surface area contributed by atoms with Crippen LogP contribution >= 0.6 is 7.82 Å². The summed E-state index contributed by atoms with van der Waals surface area (Å²) in [5.74, 6) is -0.294. The lowest BCUT2D eigenvalue weighted by atomic mass is 10.1. The molecule has 9 nitrogen and oxygen atoms in total. The number of quaternary nitrogens is 1. The van der Waals surface area contributed by atoms with Crippen LogP contribution in [0.15, 0.2) is 72.9 Å². The van der Waals surface area contributed by atoms with E-state index in [1.807, 2.05) is 63.7 Å². The number of phosphoric acid groups is 1. The maximum absolute atomic E-state index is 12.8. The van der Waals surface area contributed by atoms with Gasteiger partial charge in [-0.1, -0.05) is 125 Å². The Hall–Kier alpha value is -2.10. The van der Waals surface area contributed by atoms with Gasteiger partial charge in [0.05, 0.1) is 46.0 Å². The van der Waals surface area contributed by atoms with Crippen LogP contribution in [0.2, 0.25) is 0 Å². The maximum atomic E-state index is 12.8. The van der Waals surface area contributed by atoms with Crippen LogP contribution in [-0.2, 0) is 18.4 Å². The minimum Gasteiger partial charge on any atom is -0.756 e. The molecule has 0 spiro atoms. The molecule has 0 aromatic rings. The zero-order valence-electron chi connectivity index (χ0n) is 32.6. The zero-order valence-corrected chi connectivity index (χ0v) is 33.5. The first kappa shape index (κ1) is 48.9. The number of carbonyl (C=O) groups excluding carboxylic acids is 1. The monoisotopic (exact) mass is 737 g/mol. The molecule has 0 saturated carbocycles. The van der Waals surface area contributed by atoms with Crippen LogP contribution in [0.25, 0.3) is 0 Å². The molecule has 1 amide bonds. The minimum atomic E-state index is -4.62. The van der Waals surface area contributed by atoms with Gasteiger partial charge in [-0.2, -0.15) is 0 Å². The lowest BCUT2D eigenvalue weighted by molar-refractivity contribution is -0.870. The Balaban J connectivity index is 4.74. The predicted molar refractivity (Wildman–Crippen MR) is 211 cm³/mol. The van der Waals surface area contributed by atoms with E-state index in [1.54, 1.807) is 12.2 Å². The van der Waals surface area contributed by atoms with Gasteiger partial charge in [-0.05, 0) is 64.2 Å². The number of hydrogen-bond donors (Lipinski definition) is 3. The Kier molecular flexibility index (Phi) is 31.2. The van der Waals surface area contributed by atoms with Gasteiger partial charge in [0.25, 0.3) is 7.82 Å². The van der Waals surface area contributed by atoms with Crippen LogP contribution in [0, 0.1) is 0 Å². The fourth-order valence-electron chi connectivity index (χ4n) is 4.77. The lowest BCUT2D eigenvalue weighted by Crippen LogP contribution is -2.45. The van der Waals surface area contributed by atoms with Crippen molar-refractivity contribution in [2.75, 3.05) is 40.9 Å². The van der Waals surface area contributed by atoms with Crippen molar-refractivity contribution >= 4 is 13.7 Å². The Bertz CT molecular complexity index is 1080. The highest BCUT2D eigenvalue weighted by molar-refractivity contribution is 7.45. The largest absolute Gasteiger partial charge is 0.756 e. The van der Waals surface area contributed by atoms with E-state index in [0.29, 0.717) is 30.3 Å². The molecule has 0 fully saturated rings. The number of nitrogens with one attached hydrogen (secondary N) is 1. The van der Waals surface area contributed by atoms with Crippen LogP contribution < -0.4 is 10.2 Å². The number of carbonyl (C=O) groups is 1. The molecule has 0 aliphatic carbocycles. The highest BCUT2D eigenvalue weighted by atomic mass is 31.2. The van der Waals surface area contributed by atoms with Gasteiger partial charge < -0.3 is 34.0 Å². The van der Waals surface area contributed by atoms with Gasteiger partial charge in [0, 0.05) is 6.42 Å². The third-order valence-corrected chi connectivity index (χ3v) is 8.93. The highest BCUT2D eigenvalue weighted by Crippen LogP contribution is 2.38. The molecule has 0 saturated heterocycles. The summed E-state index contributed by atoms with van der Waals surface area (Å²) in [6.07, 6.45) is 38.4. The van der Waals surface area contributed by atoms with Crippen molar-refractivity contribution in [1.82, 2.24) is 5.32 Å². The summed E-state index contributed by atoms with van der Waals surface area (Å²) in [5, 5.41) is 23.6. The number of allylic oxidation sites excluding steroid dienone is 9. The summed E-state index contributed by atoms with van der Waals surface area (Å²) in [6, 6.07) is -0.953. The second-order valence-electron chi connectivity index (χ2n) is 14.1. The van der Waals surface area contributed by atoms with Crippen molar-refractivity contribution in [2.24, 2.45) is 0 Å². The summed E-state index contributed by atoms with van der Waals surface area (Å²) in [4.78, 5) is 25.1. The van der Waals surface area contributed by atoms with Gasteiger partial charge in [0.15, 0.2) is 0 Å². The number of rotatable bonds is 33. The van der Waals surface area contributed by atoms with Crippen molar-refractivity contribution in [3.8, 4) is 0 Å². The Morgan fingerprint density at radius 1 is 0.745 bits per heavy atom. The Labute approximate surface area is 311 Å². The normalized spacial score (nSPS) is 16.0. The predicted octanol–water partition coefficient (Wildman–Crippen LogP) is 8.41. The SMILES string of the molecule is CCCCC/C=C\C[C@H](O)/C=C/C=C\C/C=C\CCCC(=O)N[C@@H](COP(=O)([O-])OCC[N+](C)(C)C)[C@H](O)/C=C/CC/C=C\CCCCCCC. The van der Waals surface area contributed by atoms with E-state index < -0.39 is 32.7 Å². The molecule has 1 unspecified atom stereocenters. The Morgan fingerprint density at radius 3 is 2.08 bits per heavy atom. The molecule has 0 heterocycles. The van der Waals surface area contributed by atoms with Crippen LogP contribution in [0.3, 0.4) is 0 Å². The summed E-state index contributed by atoms with van der Waals surface area (Å²) in [6.45, 7) is 4.40. The first-order valence-electron chi connectivity index (χ1n) is 19.4. The third-order valence-electron chi connectivity index (χ3n) is 7.97. The molecule has 0 aliphatic rings. The molecule has 0 bridgehead atoms. The third kappa shape index (κ3) is 34.7. The zero-order chi connectivity index (χ0) is 38.1. The molecule has 51 heavy (non-hydrogen) atoms. The van der Waals surface area contributed by atoms with Crippen molar-refractivity contribution in [1.29, 1.82) is 0 Å². The van der Waals surface area contributed by atoms with E-state index in [0.717, 1.165) is 32.1 Å². The molecule has 0 radical (unpaired) electrons. The molecule has 0 aromatic carbocycles. The number of aliphatic hydroxyl groups is 2. The number of likely N-dealkylation sites (N-methyl/N-ethyl adjacent to an activating group) is 1. The van der Waals surface area contributed by atoms with E-state index in [9.17, 15) is 24.5 Å². The van der Waals surface area contributed by atoms with E-state index in [-0.39, 0.29) is 18.9 Å². The maximum Gasteiger partial charge on any atom is 0.268 e. The average Bonchev–Trinajstić information content (AvgIpc) is 3.07. The summed E-state index contributed by atoms with van der Waals surface area (Å²) in [7, 11) is 1.15. The summed E-state index contributed by atoms with van der Waals surface area (Å²) >= 11 is 0. The van der Waals surface area contributed by atoms with E-state index in [4.69, 9.17) is 9.05 Å². The number of aliphatic hydroxyl groups excluding tert-OH is 2. The molecule has 0 aromatic heterocycles. The second-order valence-corrected chi connectivity index (χ2v) is 15.5. The molecule has 10 heteroatoms. The summed E-state index contributed by atoms with van der Waals surface area (Å²) in [5.41, 5.74) is 0. The van der Waals surface area contributed by atoms with Gasteiger partial charge in [-0.3, -0.25) is 9.36 Å². The molecule has 0 aliphatic heterocycles. The standard InChI is InChI=1S/C41H73N2O7P/c1-6-8-10-12-14-15-16-17-21-25-29-33-40(45)39(37-50-51(47,48)49-36-35-43(3,4)5)42-41(46)34-30-26-22-19-18-20-24-28-32-38(44)31-27-23-13-11-9-7-2/h16-17,19-20,22-24,27-29,32-33,38-40,44-45H,6-15,18,21,25-26,30-31,34-37H2,1-5H3,(H-,42,46,47,48)/b17-16-,22-19-,24-20-,27-23-,32-28+,33-29+/t38-,39-,40+/m0/s1. The molecule has 4 atom stereocenters. The number of nitrogens with zero attached hydrogens (tertiary/aromatic N) is 1. The fraction of sp³-hybridized carbons (Fsp3) is 0.683. The molecule has 3 N–H and O–H groups in total. The second kappa shape index (κ2) is 32.5. The Morgan fingerprint density at radius 2 is 1.35 bits per heavy atom. The number of hydrogen-bond acceptors (Lipinski definition) is 7. The summed E-state index contributed by atoms with van der Waals surface area (Å²) < 4.78 is 23.0. The number of unbranched alkanes of at least 4 members (excludes halogenated alkanes) is 10. The van der Waals surface area contributed by atoms with Crippen LogP contribution in [0.1, 0.15) is 123 Å². The first-order valence-corrected chi connectivity index (χ1v) is 20.9. The van der Waals surface area contributed by atoms with Crippen molar-refractivity contribution in [3.05, 3.63) is 72.9 Å². The van der Waals surface area contributed by atoms with Crippen molar-refractivity contribution in [3.63, 3.8) is 0 Å². The van der Waals surface area contributed by atoms with E-state index >= 15 is 0 Å². The van der Waals surface area contributed by atoms with Crippen LogP contribution in [0.5, 0.6) is 0 Å². The smallest absolute Gasteiger partial charge is 0.268 e. The van der Waals surface area contributed by atoms with Crippen molar-refractivity contribution < 1.29 is 38.0 Å². The quantitative estimate of drug-likeness (QED) is 0.0203. The average molecular weight is 737 g/mol. The molecular formula is C41H73N2O7P. The van der Waals surface area contributed by atoms with E-state index in [2.05, 4.69) is 37.4 Å². The fourth-order valence-corrected chi connectivity index (χ4v) is 5.49.